The molecule has 1 aliphatic rings. The van der Waals surface area contributed by atoms with E-state index in [2.05, 4.69) is 4.72 Å². The molecule has 0 aliphatic carbocycles. The summed E-state index contributed by atoms with van der Waals surface area (Å²) in [7, 11) is -0.454. The van der Waals surface area contributed by atoms with Crippen LogP contribution >= 0.6 is 0 Å². The number of sulfonamides is 1. The molecule has 0 aromatic rings. The van der Waals surface area contributed by atoms with Crippen LogP contribution in [0, 0.1) is 0 Å². The summed E-state index contributed by atoms with van der Waals surface area (Å²) in [6.45, 7) is 5.72. The summed E-state index contributed by atoms with van der Waals surface area (Å²) in [6.07, 6.45) is 0.381. The molecule has 1 rings (SSSR count). The van der Waals surface area contributed by atoms with Gasteiger partial charge in [0.1, 0.15) is 18.3 Å². The van der Waals surface area contributed by atoms with Crippen molar-refractivity contribution >= 4 is 10.0 Å². The van der Waals surface area contributed by atoms with Gasteiger partial charge in [0.25, 0.3) is 0 Å². The molecule has 4 atom stereocenters. The standard InChI is InChI=1S/C12H23NO5S/c1-8(2)17-12-10(6-7-19(14,15)13-4)18-9(3)11(12)16-5/h6-13H,1-5H3/b7-6+/t9-,10+,11-,12+/m0/s1. The lowest BCUT2D eigenvalue weighted by Crippen LogP contribution is -2.37. The van der Waals surface area contributed by atoms with E-state index in [1.54, 1.807) is 7.11 Å². The first-order valence-electron chi connectivity index (χ1n) is 6.26. The van der Waals surface area contributed by atoms with Crippen LogP contribution in [0.1, 0.15) is 20.8 Å². The van der Waals surface area contributed by atoms with Crippen molar-refractivity contribution in [1.82, 2.24) is 4.72 Å². The summed E-state index contributed by atoms with van der Waals surface area (Å²) in [4.78, 5) is 0. The highest BCUT2D eigenvalue weighted by Gasteiger charge is 2.42. The quantitative estimate of drug-likeness (QED) is 0.778. The fourth-order valence-electron chi connectivity index (χ4n) is 2.06. The van der Waals surface area contributed by atoms with E-state index in [-0.39, 0.29) is 24.4 Å². The Morgan fingerprint density at radius 3 is 2.42 bits per heavy atom. The summed E-state index contributed by atoms with van der Waals surface area (Å²) in [5, 5.41) is 1.10. The Balaban J connectivity index is 2.86. The fraction of sp³-hybridized carbons (Fsp3) is 0.833. The van der Waals surface area contributed by atoms with Gasteiger partial charge >= 0.3 is 0 Å². The second-order valence-electron chi connectivity index (χ2n) is 4.73. The molecule has 1 saturated heterocycles. The van der Waals surface area contributed by atoms with Crippen molar-refractivity contribution in [2.45, 2.75) is 51.3 Å². The molecule has 6 nitrogen and oxygen atoms in total. The molecule has 1 N–H and O–H groups in total. The maximum atomic E-state index is 11.4. The maximum absolute atomic E-state index is 11.4. The van der Waals surface area contributed by atoms with Gasteiger partial charge in [0.2, 0.25) is 10.0 Å². The van der Waals surface area contributed by atoms with Gasteiger partial charge in [0, 0.05) is 12.5 Å². The normalized spacial score (nSPS) is 32.5. The first-order valence-corrected chi connectivity index (χ1v) is 7.80. The molecule has 112 valence electrons. The largest absolute Gasteiger partial charge is 0.376 e. The van der Waals surface area contributed by atoms with Crippen LogP contribution < -0.4 is 4.72 Å². The summed E-state index contributed by atoms with van der Waals surface area (Å²) >= 11 is 0. The second kappa shape index (κ2) is 6.81. The SMILES string of the molecule is CNS(=O)(=O)/C=C/[C@H]1O[C@@H](C)[C@H](OC)[C@@H]1OC(C)C. The summed E-state index contributed by atoms with van der Waals surface area (Å²) in [6, 6.07) is 0. The molecule has 1 fully saturated rings. The summed E-state index contributed by atoms with van der Waals surface area (Å²) in [5.41, 5.74) is 0. The molecule has 19 heavy (non-hydrogen) atoms. The number of hydrogen-bond donors (Lipinski definition) is 1. The van der Waals surface area contributed by atoms with Gasteiger partial charge in [0.15, 0.2) is 0 Å². The first kappa shape index (κ1) is 16.6. The molecule has 1 aliphatic heterocycles. The molecule has 0 amide bonds. The highest BCUT2D eigenvalue weighted by Crippen LogP contribution is 2.28. The molecule has 1 heterocycles. The van der Waals surface area contributed by atoms with Crippen molar-refractivity contribution in [1.29, 1.82) is 0 Å². The van der Waals surface area contributed by atoms with E-state index in [1.165, 1.54) is 13.1 Å². The lowest BCUT2D eigenvalue weighted by molar-refractivity contribution is -0.0684. The third-order valence-corrected chi connectivity index (χ3v) is 4.00. The highest BCUT2D eigenvalue weighted by molar-refractivity contribution is 7.92. The monoisotopic (exact) mass is 293 g/mol. The van der Waals surface area contributed by atoms with Crippen LogP contribution in [0.5, 0.6) is 0 Å². The Hall–Kier alpha value is -0.470. The van der Waals surface area contributed by atoms with Gasteiger partial charge in [0.05, 0.1) is 12.2 Å². The van der Waals surface area contributed by atoms with Crippen molar-refractivity contribution in [3.8, 4) is 0 Å². The van der Waals surface area contributed by atoms with Gasteiger partial charge in [-0.05, 0) is 33.9 Å². The van der Waals surface area contributed by atoms with Crippen molar-refractivity contribution in [3.63, 3.8) is 0 Å². The number of nitrogens with one attached hydrogen (secondary N) is 1. The van der Waals surface area contributed by atoms with E-state index in [1.807, 2.05) is 20.8 Å². The van der Waals surface area contributed by atoms with Crippen molar-refractivity contribution in [2.75, 3.05) is 14.2 Å². The molecule has 0 aromatic carbocycles. The van der Waals surface area contributed by atoms with Crippen LogP contribution in [0.4, 0.5) is 0 Å². The minimum absolute atomic E-state index is 0.00774. The van der Waals surface area contributed by atoms with Gasteiger partial charge in [-0.25, -0.2) is 13.1 Å². The Bertz CT molecular complexity index is 406. The van der Waals surface area contributed by atoms with Gasteiger partial charge in [-0.3, -0.25) is 0 Å². The van der Waals surface area contributed by atoms with E-state index in [9.17, 15) is 8.42 Å². The number of methoxy groups -OCH3 is 1. The lowest BCUT2D eigenvalue weighted by Gasteiger charge is -2.23. The predicted octanol–water partition coefficient (Wildman–Crippen LogP) is 0.645. The van der Waals surface area contributed by atoms with Crippen molar-refractivity contribution in [3.05, 3.63) is 11.5 Å². The van der Waals surface area contributed by atoms with E-state index in [0.717, 1.165) is 5.41 Å². The molecule has 0 bridgehead atoms. The van der Waals surface area contributed by atoms with Crippen LogP contribution in [0.3, 0.4) is 0 Å². The Labute approximate surface area is 115 Å². The van der Waals surface area contributed by atoms with Crippen LogP contribution in [0.15, 0.2) is 11.5 Å². The smallest absolute Gasteiger partial charge is 0.233 e. The predicted molar refractivity (Wildman–Crippen MR) is 72.3 cm³/mol. The van der Waals surface area contributed by atoms with Crippen molar-refractivity contribution < 1.29 is 22.6 Å². The molecule has 0 saturated carbocycles. The average Bonchev–Trinajstić information content (AvgIpc) is 2.62. The van der Waals surface area contributed by atoms with Gasteiger partial charge in [-0.1, -0.05) is 0 Å². The molecule has 7 heteroatoms. The lowest BCUT2D eigenvalue weighted by atomic mass is 10.1. The third kappa shape index (κ3) is 4.54. The fourth-order valence-corrected chi connectivity index (χ4v) is 2.55. The zero-order valence-corrected chi connectivity index (χ0v) is 12.8. The van der Waals surface area contributed by atoms with Crippen LogP contribution in [-0.2, 0) is 24.2 Å². The number of rotatable bonds is 6. The molecular weight excluding hydrogens is 270 g/mol. The minimum Gasteiger partial charge on any atom is -0.376 e. The minimum atomic E-state index is -3.41. The highest BCUT2D eigenvalue weighted by atomic mass is 32.2. The topological polar surface area (TPSA) is 73.9 Å². The van der Waals surface area contributed by atoms with E-state index >= 15 is 0 Å². The third-order valence-electron chi connectivity index (χ3n) is 2.92. The van der Waals surface area contributed by atoms with Crippen LogP contribution in [-0.4, -0.2) is 53.1 Å². The van der Waals surface area contributed by atoms with E-state index in [0.29, 0.717) is 0 Å². The second-order valence-corrected chi connectivity index (χ2v) is 6.50. The molecule has 0 unspecified atom stereocenters. The Morgan fingerprint density at radius 1 is 1.32 bits per heavy atom. The van der Waals surface area contributed by atoms with Crippen LogP contribution in [0.25, 0.3) is 0 Å². The summed E-state index contributed by atoms with van der Waals surface area (Å²) < 4.78 is 41.8. The molecular formula is C12H23NO5S. The Morgan fingerprint density at radius 2 is 1.95 bits per heavy atom. The zero-order valence-electron chi connectivity index (χ0n) is 12.0. The molecule has 0 spiro atoms. The number of hydrogen-bond acceptors (Lipinski definition) is 5. The van der Waals surface area contributed by atoms with Crippen molar-refractivity contribution in [2.24, 2.45) is 0 Å². The maximum Gasteiger partial charge on any atom is 0.233 e. The van der Waals surface area contributed by atoms with Gasteiger partial charge in [-0.15, -0.1) is 0 Å². The van der Waals surface area contributed by atoms with Gasteiger partial charge in [-0.2, -0.15) is 0 Å². The Kier molecular flexibility index (Phi) is 5.94. The van der Waals surface area contributed by atoms with E-state index in [4.69, 9.17) is 14.2 Å². The van der Waals surface area contributed by atoms with Crippen LogP contribution in [0.2, 0.25) is 0 Å². The summed E-state index contributed by atoms with van der Waals surface area (Å²) in [5.74, 6) is 0. The van der Waals surface area contributed by atoms with E-state index < -0.39 is 16.1 Å². The first-order chi connectivity index (χ1) is 8.80. The zero-order chi connectivity index (χ0) is 14.6. The average molecular weight is 293 g/mol. The molecule has 0 aromatic heterocycles. The molecule has 0 radical (unpaired) electrons. The number of ether oxygens (including phenoxy) is 3. The van der Waals surface area contributed by atoms with Gasteiger partial charge < -0.3 is 14.2 Å².